The largest absolute Gasteiger partial charge is 0.493 e. The molecule has 5 heteroatoms. The van der Waals surface area contributed by atoms with Crippen LogP contribution in [0.1, 0.15) is 34.4 Å². The summed E-state index contributed by atoms with van der Waals surface area (Å²) in [5.41, 5.74) is 2.67. The average Bonchev–Trinajstić information content (AvgIpc) is 2.80. The highest BCUT2D eigenvalue weighted by atomic mass is 16.5. The summed E-state index contributed by atoms with van der Waals surface area (Å²) in [6.45, 7) is 6.28. The molecule has 0 atom stereocenters. The van der Waals surface area contributed by atoms with Crippen molar-refractivity contribution in [2.75, 3.05) is 7.11 Å². The molecule has 0 bridgehead atoms. The van der Waals surface area contributed by atoms with Crippen LogP contribution >= 0.6 is 0 Å². The first-order valence-electron chi connectivity index (χ1n) is 6.17. The zero-order valence-corrected chi connectivity index (χ0v) is 11.6. The highest BCUT2D eigenvalue weighted by Crippen LogP contribution is 2.22. The number of carbonyl (C=O) groups excluding carboxylic acids is 1. The van der Waals surface area contributed by atoms with Gasteiger partial charge in [-0.05, 0) is 32.9 Å². The van der Waals surface area contributed by atoms with Gasteiger partial charge in [0, 0.05) is 23.5 Å². The van der Waals surface area contributed by atoms with Gasteiger partial charge in [-0.3, -0.25) is 14.5 Å². The van der Waals surface area contributed by atoms with Crippen molar-refractivity contribution in [1.29, 1.82) is 0 Å². The molecule has 0 N–H and O–H groups in total. The number of ketones is 1. The third kappa shape index (κ3) is 2.36. The maximum atomic E-state index is 12.6. The summed E-state index contributed by atoms with van der Waals surface area (Å²) in [4.78, 5) is 16.9. The lowest BCUT2D eigenvalue weighted by atomic mass is 10.1. The Kier molecular flexibility index (Phi) is 3.64. The first kappa shape index (κ1) is 13.3. The number of aryl methyl sites for hydroxylation is 3. The van der Waals surface area contributed by atoms with E-state index < -0.39 is 0 Å². The fraction of sp³-hybridized carbons (Fsp3) is 0.357. The van der Waals surface area contributed by atoms with Crippen molar-refractivity contribution < 1.29 is 9.53 Å². The second-order valence-corrected chi connectivity index (χ2v) is 4.29. The van der Waals surface area contributed by atoms with Crippen LogP contribution in [-0.2, 0) is 6.54 Å². The molecule has 0 saturated heterocycles. The summed E-state index contributed by atoms with van der Waals surface area (Å²) in [7, 11) is 1.54. The van der Waals surface area contributed by atoms with Gasteiger partial charge >= 0.3 is 0 Å². The van der Waals surface area contributed by atoms with Crippen molar-refractivity contribution in [3.63, 3.8) is 0 Å². The first-order chi connectivity index (χ1) is 9.08. The molecule has 0 saturated carbocycles. The van der Waals surface area contributed by atoms with Crippen LogP contribution in [0.4, 0.5) is 0 Å². The molecule has 2 aromatic rings. The SMILES string of the molecule is CCn1ncc(OC)c1C(=O)c1ccc(C)nc1C. The molecule has 0 aromatic carbocycles. The Labute approximate surface area is 112 Å². The Morgan fingerprint density at radius 1 is 1.37 bits per heavy atom. The van der Waals surface area contributed by atoms with Crippen molar-refractivity contribution in [1.82, 2.24) is 14.8 Å². The normalized spacial score (nSPS) is 10.5. The number of aromatic nitrogens is 3. The number of hydrogen-bond donors (Lipinski definition) is 0. The molecule has 0 unspecified atom stereocenters. The van der Waals surface area contributed by atoms with Crippen LogP contribution in [-0.4, -0.2) is 27.7 Å². The zero-order valence-electron chi connectivity index (χ0n) is 11.6. The van der Waals surface area contributed by atoms with Crippen molar-refractivity contribution in [2.24, 2.45) is 0 Å². The molecule has 0 aliphatic carbocycles. The fourth-order valence-electron chi connectivity index (χ4n) is 2.04. The Hall–Kier alpha value is -2.17. The fourth-order valence-corrected chi connectivity index (χ4v) is 2.04. The van der Waals surface area contributed by atoms with Crippen LogP contribution in [0.3, 0.4) is 0 Å². The first-order valence-corrected chi connectivity index (χ1v) is 6.17. The van der Waals surface area contributed by atoms with Crippen molar-refractivity contribution in [3.05, 3.63) is 41.0 Å². The molecular weight excluding hydrogens is 242 g/mol. The predicted molar refractivity (Wildman–Crippen MR) is 71.6 cm³/mol. The number of hydrogen-bond acceptors (Lipinski definition) is 4. The summed E-state index contributed by atoms with van der Waals surface area (Å²) >= 11 is 0. The maximum absolute atomic E-state index is 12.6. The second kappa shape index (κ2) is 5.22. The van der Waals surface area contributed by atoms with Crippen molar-refractivity contribution >= 4 is 5.78 Å². The van der Waals surface area contributed by atoms with E-state index in [4.69, 9.17) is 4.74 Å². The summed E-state index contributed by atoms with van der Waals surface area (Å²) in [5, 5.41) is 4.15. The standard InChI is InChI=1S/C14H17N3O2/c1-5-17-13(12(19-4)8-15-17)14(18)11-7-6-9(2)16-10(11)3/h6-8H,5H2,1-4H3. The Bertz CT molecular complexity index is 596. The molecule has 0 aliphatic rings. The Morgan fingerprint density at radius 2 is 2.11 bits per heavy atom. The lowest BCUT2D eigenvalue weighted by Gasteiger charge is -2.08. The van der Waals surface area contributed by atoms with Gasteiger partial charge < -0.3 is 4.74 Å². The predicted octanol–water partition coefficient (Wildman–Crippen LogP) is 2.15. The van der Waals surface area contributed by atoms with Crippen LogP contribution in [0.25, 0.3) is 0 Å². The van der Waals surface area contributed by atoms with Crippen LogP contribution in [0.5, 0.6) is 5.75 Å². The molecule has 0 fully saturated rings. The quantitative estimate of drug-likeness (QED) is 0.789. The van der Waals surface area contributed by atoms with Crippen molar-refractivity contribution in [3.8, 4) is 5.75 Å². The molecule has 100 valence electrons. The van der Waals surface area contributed by atoms with E-state index >= 15 is 0 Å². The van der Waals surface area contributed by atoms with Crippen LogP contribution in [0.15, 0.2) is 18.3 Å². The second-order valence-electron chi connectivity index (χ2n) is 4.29. The van der Waals surface area contributed by atoms with E-state index in [-0.39, 0.29) is 5.78 Å². The van der Waals surface area contributed by atoms with E-state index in [0.717, 1.165) is 11.4 Å². The number of nitrogens with zero attached hydrogens (tertiary/aromatic N) is 3. The Morgan fingerprint density at radius 3 is 2.68 bits per heavy atom. The summed E-state index contributed by atoms with van der Waals surface area (Å²) in [5.74, 6) is 0.382. The van der Waals surface area contributed by atoms with Gasteiger partial charge in [0.2, 0.25) is 5.78 Å². The molecule has 0 radical (unpaired) electrons. The van der Waals surface area contributed by atoms with Gasteiger partial charge in [0.1, 0.15) is 0 Å². The minimum atomic E-state index is -0.110. The third-order valence-electron chi connectivity index (χ3n) is 3.01. The number of pyridine rings is 1. The smallest absolute Gasteiger partial charge is 0.216 e. The average molecular weight is 259 g/mol. The van der Waals surface area contributed by atoms with Crippen LogP contribution < -0.4 is 4.74 Å². The molecule has 2 heterocycles. The minimum absolute atomic E-state index is 0.110. The van der Waals surface area contributed by atoms with Gasteiger partial charge in [0.05, 0.1) is 13.3 Å². The van der Waals surface area contributed by atoms with Crippen LogP contribution in [0.2, 0.25) is 0 Å². The molecule has 0 amide bonds. The van der Waals surface area contributed by atoms with Gasteiger partial charge in [0.25, 0.3) is 0 Å². The minimum Gasteiger partial charge on any atom is -0.493 e. The number of methoxy groups -OCH3 is 1. The number of carbonyl (C=O) groups is 1. The van der Waals surface area contributed by atoms with E-state index in [2.05, 4.69) is 10.1 Å². The monoisotopic (exact) mass is 259 g/mol. The van der Waals surface area contributed by atoms with Gasteiger partial charge in [-0.1, -0.05) is 0 Å². The van der Waals surface area contributed by atoms with Gasteiger partial charge in [-0.2, -0.15) is 5.10 Å². The van der Waals surface area contributed by atoms with Crippen molar-refractivity contribution in [2.45, 2.75) is 27.3 Å². The Balaban J connectivity index is 2.52. The summed E-state index contributed by atoms with van der Waals surface area (Å²) in [6.07, 6.45) is 1.56. The molecule has 5 nitrogen and oxygen atoms in total. The highest BCUT2D eigenvalue weighted by molar-refractivity contribution is 6.10. The van der Waals surface area contributed by atoms with E-state index in [1.54, 1.807) is 16.9 Å². The van der Waals surface area contributed by atoms with Gasteiger partial charge in [-0.15, -0.1) is 0 Å². The van der Waals surface area contributed by atoms with E-state index in [1.807, 2.05) is 26.8 Å². The summed E-state index contributed by atoms with van der Waals surface area (Å²) < 4.78 is 6.85. The van der Waals surface area contributed by atoms with E-state index in [0.29, 0.717) is 23.6 Å². The third-order valence-corrected chi connectivity index (χ3v) is 3.01. The van der Waals surface area contributed by atoms with E-state index in [1.165, 1.54) is 7.11 Å². The molecule has 2 rings (SSSR count). The lowest BCUT2D eigenvalue weighted by molar-refractivity contribution is 0.102. The zero-order chi connectivity index (χ0) is 14.0. The molecule has 0 aliphatic heterocycles. The van der Waals surface area contributed by atoms with E-state index in [9.17, 15) is 4.79 Å². The molecular formula is C14H17N3O2. The topological polar surface area (TPSA) is 57.0 Å². The number of ether oxygens (including phenoxy) is 1. The highest BCUT2D eigenvalue weighted by Gasteiger charge is 2.22. The summed E-state index contributed by atoms with van der Waals surface area (Å²) in [6, 6.07) is 3.63. The number of rotatable bonds is 4. The van der Waals surface area contributed by atoms with Crippen LogP contribution in [0, 0.1) is 13.8 Å². The lowest BCUT2D eigenvalue weighted by Crippen LogP contribution is -2.13. The molecule has 2 aromatic heterocycles. The van der Waals surface area contributed by atoms with Gasteiger partial charge in [0.15, 0.2) is 11.4 Å². The molecule has 19 heavy (non-hydrogen) atoms. The molecule has 0 spiro atoms. The maximum Gasteiger partial charge on any atom is 0.216 e. The van der Waals surface area contributed by atoms with Gasteiger partial charge in [-0.25, -0.2) is 0 Å².